The lowest BCUT2D eigenvalue weighted by Gasteiger charge is -2.12. The van der Waals surface area contributed by atoms with Gasteiger partial charge < -0.3 is 19.2 Å². The van der Waals surface area contributed by atoms with E-state index in [2.05, 4.69) is 5.32 Å². The molecule has 4 rings (SSSR count). The molecule has 0 saturated heterocycles. The van der Waals surface area contributed by atoms with Crippen molar-refractivity contribution in [3.63, 3.8) is 0 Å². The van der Waals surface area contributed by atoms with E-state index in [9.17, 15) is 14.4 Å². The summed E-state index contributed by atoms with van der Waals surface area (Å²) in [6.45, 7) is 0.260. The summed E-state index contributed by atoms with van der Waals surface area (Å²) in [4.78, 5) is 35.0. The number of carbonyl (C=O) groups is 2. The highest BCUT2D eigenvalue weighted by molar-refractivity contribution is 6.32. The highest BCUT2D eigenvalue weighted by Gasteiger charge is 2.26. The Morgan fingerprint density at radius 1 is 1.13 bits per heavy atom. The summed E-state index contributed by atoms with van der Waals surface area (Å²) in [5.74, 6) is -0.194. The molecule has 31 heavy (non-hydrogen) atoms. The number of halogens is 1. The number of ether oxygens (including phenoxy) is 2. The minimum atomic E-state index is -0.520. The predicted molar refractivity (Wildman–Crippen MR) is 114 cm³/mol. The van der Waals surface area contributed by atoms with E-state index in [1.807, 2.05) is 12.1 Å². The van der Waals surface area contributed by atoms with Crippen molar-refractivity contribution in [2.75, 3.05) is 13.7 Å². The van der Waals surface area contributed by atoms with Crippen molar-refractivity contribution >= 4 is 23.5 Å². The normalized spacial score (nSPS) is 14.5. The van der Waals surface area contributed by atoms with Crippen molar-refractivity contribution in [2.24, 2.45) is 0 Å². The van der Waals surface area contributed by atoms with Crippen molar-refractivity contribution < 1.29 is 23.5 Å². The first-order chi connectivity index (χ1) is 14.9. The topological polar surface area (TPSA) is 94.8 Å². The van der Waals surface area contributed by atoms with E-state index in [1.165, 1.54) is 19.2 Å². The third-order valence-corrected chi connectivity index (χ3v) is 5.20. The second kappa shape index (κ2) is 8.65. The molecule has 2 aromatic carbocycles. The molecule has 8 heteroatoms. The van der Waals surface area contributed by atoms with Crippen LogP contribution in [0.15, 0.2) is 64.0 Å². The molecule has 1 aliphatic rings. The van der Waals surface area contributed by atoms with E-state index in [4.69, 9.17) is 25.5 Å². The molecule has 0 radical (unpaired) electrons. The highest BCUT2D eigenvalue weighted by atomic mass is 35.5. The van der Waals surface area contributed by atoms with Crippen molar-refractivity contribution in [1.82, 2.24) is 5.32 Å². The van der Waals surface area contributed by atoms with Crippen LogP contribution >= 0.6 is 11.6 Å². The van der Waals surface area contributed by atoms with Crippen LogP contribution < -0.4 is 15.7 Å². The number of benzene rings is 2. The average molecular weight is 440 g/mol. The standard InChI is InChI=1S/C23H18ClNO6/c1-29-23(28)14-4-2-3-13(7-14)16-8-17-9-18(31-21(17)19(24)10-16)11-25-22(27)15-5-6-20(26)30-12-15/h2-8,10,12,18H,9,11H2,1H3,(H,25,27). The molecule has 7 nitrogen and oxygen atoms in total. The Morgan fingerprint density at radius 2 is 1.97 bits per heavy atom. The smallest absolute Gasteiger partial charge is 0.337 e. The van der Waals surface area contributed by atoms with Crippen molar-refractivity contribution in [3.05, 3.63) is 86.9 Å². The summed E-state index contributed by atoms with van der Waals surface area (Å²) in [5.41, 5.74) is 2.77. The highest BCUT2D eigenvalue weighted by Crippen LogP contribution is 2.39. The Kier molecular flexibility index (Phi) is 5.77. The first-order valence-corrected chi connectivity index (χ1v) is 9.87. The van der Waals surface area contributed by atoms with Crippen LogP contribution in [0.1, 0.15) is 26.3 Å². The quantitative estimate of drug-likeness (QED) is 0.611. The van der Waals surface area contributed by atoms with Crippen molar-refractivity contribution in [3.8, 4) is 16.9 Å². The summed E-state index contributed by atoms with van der Waals surface area (Å²) in [6, 6.07) is 13.4. The maximum Gasteiger partial charge on any atom is 0.337 e. The van der Waals surface area contributed by atoms with Gasteiger partial charge in [-0.1, -0.05) is 23.7 Å². The fraction of sp³-hybridized carbons (Fsp3) is 0.174. The average Bonchev–Trinajstić information content (AvgIpc) is 3.21. The summed E-state index contributed by atoms with van der Waals surface area (Å²) >= 11 is 6.45. The van der Waals surface area contributed by atoms with Crippen LogP contribution in [0, 0.1) is 0 Å². The van der Waals surface area contributed by atoms with Gasteiger partial charge in [-0.3, -0.25) is 4.79 Å². The van der Waals surface area contributed by atoms with Gasteiger partial charge in [0, 0.05) is 18.1 Å². The molecule has 158 valence electrons. The molecule has 1 aromatic heterocycles. The van der Waals surface area contributed by atoms with Gasteiger partial charge >= 0.3 is 11.6 Å². The summed E-state index contributed by atoms with van der Waals surface area (Å²) < 4.78 is 15.4. The second-order valence-electron chi connectivity index (χ2n) is 7.02. The largest absolute Gasteiger partial charge is 0.486 e. The zero-order chi connectivity index (χ0) is 22.0. The molecule has 1 N–H and O–H groups in total. The van der Waals surface area contributed by atoms with Crippen LogP contribution in [0.2, 0.25) is 5.02 Å². The van der Waals surface area contributed by atoms with E-state index in [0.717, 1.165) is 23.0 Å². The molecule has 3 aromatic rings. The molecule has 0 bridgehead atoms. The van der Waals surface area contributed by atoms with Gasteiger partial charge in [0.1, 0.15) is 18.1 Å². The van der Waals surface area contributed by atoms with E-state index < -0.39 is 11.6 Å². The number of nitrogens with one attached hydrogen (secondary N) is 1. The maximum absolute atomic E-state index is 12.2. The van der Waals surface area contributed by atoms with Crippen LogP contribution in [0.3, 0.4) is 0 Å². The van der Waals surface area contributed by atoms with Gasteiger partial charge in [0.2, 0.25) is 0 Å². The molecule has 0 saturated carbocycles. The molecule has 2 heterocycles. The van der Waals surface area contributed by atoms with Crippen LogP contribution in [0.4, 0.5) is 0 Å². The van der Waals surface area contributed by atoms with Gasteiger partial charge in [-0.2, -0.15) is 0 Å². The maximum atomic E-state index is 12.2. The molecule has 1 aliphatic heterocycles. The fourth-order valence-electron chi connectivity index (χ4n) is 3.41. The Hall–Kier alpha value is -3.58. The predicted octanol–water partition coefficient (Wildman–Crippen LogP) is 3.48. The molecule has 1 atom stereocenters. The monoisotopic (exact) mass is 439 g/mol. The lowest BCUT2D eigenvalue weighted by molar-refractivity contribution is 0.0600. The van der Waals surface area contributed by atoms with Gasteiger partial charge in [0.15, 0.2) is 0 Å². The fourth-order valence-corrected chi connectivity index (χ4v) is 3.69. The number of fused-ring (bicyclic) bond motifs is 1. The van der Waals surface area contributed by atoms with E-state index in [-0.39, 0.29) is 24.1 Å². The lowest BCUT2D eigenvalue weighted by Crippen LogP contribution is -2.34. The second-order valence-corrected chi connectivity index (χ2v) is 7.42. The van der Waals surface area contributed by atoms with Gasteiger partial charge in [0.25, 0.3) is 5.91 Å². The molecule has 0 spiro atoms. The van der Waals surface area contributed by atoms with Crippen molar-refractivity contribution in [1.29, 1.82) is 0 Å². The van der Waals surface area contributed by atoms with Gasteiger partial charge in [-0.15, -0.1) is 0 Å². The number of rotatable bonds is 5. The van der Waals surface area contributed by atoms with Crippen LogP contribution in [-0.4, -0.2) is 31.6 Å². The Morgan fingerprint density at radius 3 is 2.71 bits per heavy atom. The zero-order valence-electron chi connectivity index (χ0n) is 16.5. The molecule has 1 amide bonds. The van der Waals surface area contributed by atoms with Gasteiger partial charge in [0.05, 0.1) is 29.8 Å². The molecule has 0 fully saturated rings. The number of esters is 1. The third kappa shape index (κ3) is 4.46. The van der Waals surface area contributed by atoms with Crippen LogP contribution in [0.5, 0.6) is 5.75 Å². The van der Waals surface area contributed by atoms with Gasteiger partial charge in [-0.25, -0.2) is 9.59 Å². The Bertz CT molecular complexity index is 1200. The SMILES string of the molecule is COC(=O)c1cccc(-c2cc(Cl)c3c(c2)CC(CNC(=O)c2ccc(=O)oc2)O3)c1. The zero-order valence-corrected chi connectivity index (χ0v) is 17.3. The lowest BCUT2D eigenvalue weighted by atomic mass is 9.99. The number of carbonyl (C=O) groups excluding carboxylic acids is 2. The molecular weight excluding hydrogens is 422 g/mol. The first-order valence-electron chi connectivity index (χ1n) is 9.49. The first kappa shape index (κ1) is 20.7. The number of hydrogen-bond acceptors (Lipinski definition) is 6. The van der Waals surface area contributed by atoms with Gasteiger partial charge in [-0.05, 0) is 41.5 Å². The van der Waals surface area contributed by atoms with E-state index in [0.29, 0.717) is 22.8 Å². The Labute approximate surface area is 182 Å². The molecular formula is C23H18ClNO6. The molecule has 0 aliphatic carbocycles. The summed E-state index contributed by atoms with van der Waals surface area (Å²) in [7, 11) is 1.34. The van der Waals surface area contributed by atoms with E-state index in [1.54, 1.807) is 24.3 Å². The molecule has 1 unspecified atom stereocenters. The number of amides is 1. The van der Waals surface area contributed by atoms with E-state index >= 15 is 0 Å². The number of methoxy groups -OCH3 is 1. The van der Waals surface area contributed by atoms with Crippen LogP contribution in [-0.2, 0) is 11.2 Å². The number of hydrogen-bond donors (Lipinski definition) is 1. The Balaban J connectivity index is 1.47. The third-order valence-electron chi connectivity index (χ3n) is 4.92. The summed E-state index contributed by atoms with van der Waals surface area (Å²) in [6.07, 6.45) is 1.39. The van der Waals surface area contributed by atoms with Crippen molar-refractivity contribution in [2.45, 2.75) is 12.5 Å². The minimum absolute atomic E-state index is 0.251. The summed E-state index contributed by atoms with van der Waals surface area (Å²) in [5, 5.41) is 3.22. The minimum Gasteiger partial charge on any atom is -0.486 e. The van der Waals surface area contributed by atoms with Crippen LogP contribution in [0.25, 0.3) is 11.1 Å².